The van der Waals surface area contributed by atoms with Gasteiger partial charge < -0.3 is 24.8 Å². The molecule has 2 N–H and O–H groups in total. The summed E-state index contributed by atoms with van der Waals surface area (Å²) in [6, 6.07) is 6.18. The Balaban J connectivity index is 1.12. The van der Waals surface area contributed by atoms with Gasteiger partial charge in [-0.3, -0.25) is 0 Å². The van der Waals surface area contributed by atoms with Crippen LogP contribution in [0.1, 0.15) is 50.5 Å². The van der Waals surface area contributed by atoms with Crippen LogP contribution in [0.2, 0.25) is 0 Å². The first kappa shape index (κ1) is 21.5. The number of likely N-dealkylation sites (tertiary alicyclic amines) is 1. The van der Waals surface area contributed by atoms with Crippen LogP contribution in [0.25, 0.3) is 0 Å². The molecule has 4 bridgehead atoms. The molecule has 5 fully saturated rings. The van der Waals surface area contributed by atoms with Crippen LogP contribution in [0.5, 0.6) is 11.5 Å². The third-order valence-corrected chi connectivity index (χ3v) is 8.46. The molecule has 4 aliphatic carbocycles. The van der Waals surface area contributed by atoms with Crippen LogP contribution in [0.4, 0.5) is 0 Å². The molecule has 1 aliphatic heterocycles. The molecule has 1 heterocycles. The van der Waals surface area contributed by atoms with Crippen LogP contribution >= 0.6 is 0 Å². The van der Waals surface area contributed by atoms with E-state index in [1.54, 1.807) is 7.11 Å². The molecule has 5 nitrogen and oxygen atoms in total. The molecule has 1 saturated heterocycles. The Labute approximate surface area is 187 Å². The summed E-state index contributed by atoms with van der Waals surface area (Å²) in [6.07, 6.45) is 9.47. The Morgan fingerprint density at radius 2 is 1.74 bits per heavy atom. The topological polar surface area (TPSA) is 54.0 Å². The molecule has 4 saturated carbocycles. The number of aliphatic hydroxyl groups excluding tert-OH is 1. The molecule has 5 aliphatic rings. The molecule has 0 amide bonds. The molecule has 6 rings (SSSR count). The molecule has 0 radical (unpaired) electrons. The van der Waals surface area contributed by atoms with E-state index in [2.05, 4.69) is 22.3 Å². The highest BCUT2D eigenvalue weighted by Gasteiger charge is 2.47. The van der Waals surface area contributed by atoms with E-state index in [1.807, 2.05) is 6.07 Å². The van der Waals surface area contributed by atoms with Crippen molar-refractivity contribution in [1.29, 1.82) is 0 Å². The van der Waals surface area contributed by atoms with Gasteiger partial charge in [0.2, 0.25) is 0 Å². The number of hydrogen-bond acceptors (Lipinski definition) is 5. The zero-order valence-electron chi connectivity index (χ0n) is 19.1. The SMILES string of the molecule is COc1ccc(CNCC2C3CC4CC(C3)CC2C4)cc1OC[C@H](O)CN1CCCC1. The minimum atomic E-state index is -0.471. The van der Waals surface area contributed by atoms with E-state index in [1.165, 1.54) is 50.5 Å². The van der Waals surface area contributed by atoms with Gasteiger partial charge in [0, 0.05) is 13.1 Å². The van der Waals surface area contributed by atoms with Gasteiger partial charge in [-0.2, -0.15) is 0 Å². The highest BCUT2D eigenvalue weighted by atomic mass is 16.5. The summed E-state index contributed by atoms with van der Waals surface area (Å²) in [5, 5.41) is 14.1. The largest absolute Gasteiger partial charge is 0.493 e. The summed E-state index contributed by atoms with van der Waals surface area (Å²) in [5.74, 6) is 6.37. The molecule has 31 heavy (non-hydrogen) atoms. The molecule has 0 aromatic heterocycles. The number of ether oxygens (including phenoxy) is 2. The number of hydrogen-bond donors (Lipinski definition) is 2. The molecular formula is C26H40N2O3. The van der Waals surface area contributed by atoms with Crippen LogP contribution in [-0.4, -0.2) is 56.0 Å². The maximum atomic E-state index is 10.4. The average Bonchev–Trinajstić information content (AvgIpc) is 3.27. The van der Waals surface area contributed by atoms with Gasteiger partial charge in [-0.25, -0.2) is 0 Å². The lowest BCUT2D eigenvalue weighted by Gasteiger charge is -2.54. The van der Waals surface area contributed by atoms with Crippen molar-refractivity contribution in [1.82, 2.24) is 10.2 Å². The molecule has 0 spiro atoms. The molecule has 1 atom stereocenters. The maximum absolute atomic E-state index is 10.4. The Kier molecular flexibility index (Phi) is 6.73. The molecule has 0 unspecified atom stereocenters. The van der Waals surface area contributed by atoms with E-state index in [-0.39, 0.29) is 0 Å². The van der Waals surface area contributed by atoms with Gasteiger partial charge in [0.1, 0.15) is 12.7 Å². The first-order chi connectivity index (χ1) is 15.2. The average molecular weight is 429 g/mol. The predicted octanol–water partition coefficient (Wildman–Crippen LogP) is 3.69. The zero-order valence-corrected chi connectivity index (χ0v) is 19.1. The summed E-state index contributed by atoms with van der Waals surface area (Å²) in [7, 11) is 1.67. The highest BCUT2D eigenvalue weighted by molar-refractivity contribution is 5.43. The standard InChI is InChI=1S/C26H40N2O3/c1-30-25-5-4-18(13-26(25)31-17-23(29)16-28-6-2-3-7-28)14-27-15-24-21-9-19-8-20(11-21)12-22(24)10-19/h4-5,13,19-24,27,29H,2-3,6-12,14-17H2,1H3/t19?,20?,21?,22?,23-,24?/m1/s1. The smallest absolute Gasteiger partial charge is 0.161 e. The quantitative estimate of drug-likeness (QED) is 0.595. The van der Waals surface area contributed by atoms with Crippen molar-refractivity contribution in [3.8, 4) is 11.5 Å². The summed E-state index contributed by atoms with van der Waals surface area (Å²) >= 11 is 0. The second-order valence-corrected chi connectivity index (χ2v) is 10.7. The minimum absolute atomic E-state index is 0.303. The first-order valence-corrected chi connectivity index (χ1v) is 12.6. The first-order valence-electron chi connectivity index (χ1n) is 12.6. The van der Waals surface area contributed by atoms with Crippen LogP contribution in [-0.2, 0) is 6.54 Å². The van der Waals surface area contributed by atoms with E-state index in [9.17, 15) is 5.11 Å². The molecule has 1 aromatic rings. The van der Waals surface area contributed by atoms with Crippen molar-refractivity contribution < 1.29 is 14.6 Å². The fraction of sp³-hybridized carbons (Fsp3) is 0.769. The fourth-order valence-corrected chi connectivity index (χ4v) is 7.20. The Morgan fingerprint density at radius 1 is 1.03 bits per heavy atom. The Bertz CT molecular complexity index is 705. The lowest BCUT2D eigenvalue weighted by atomic mass is 9.52. The third kappa shape index (κ3) is 5.04. The summed E-state index contributed by atoms with van der Waals surface area (Å²) in [6.45, 7) is 5.18. The number of nitrogens with zero attached hydrogens (tertiary/aromatic N) is 1. The number of benzene rings is 1. The van der Waals surface area contributed by atoms with Gasteiger partial charge in [-0.1, -0.05) is 6.07 Å². The third-order valence-electron chi connectivity index (χ3n) is 8.46. The lowest BCUT2D eigenvalue weighted by molar-refractivity contribution is -0.0355. The molecule has 1 aromatic carbocycles. The van der Waals surface area contributed by atoms with Gasteiger partial charge in [-0.15, -0.1) is 0 Å². The van der Waals surface area contributed by atoms with Crippen LogP contribution in [0.3, 0.4) is 0 Å². The molecular weight excluding hydrogens is 388 g/mol. The van der Waals surface area contributed by atoms with Crippen molar-refractivity contribution >= 4 is 0 Å². The van der Waals surface area contributed by atoms with Gasteiger partial charge in [0.15, 0.2) is 11.5 Å². The number of nitrogens with one attached hydrogen (secondary N) is 1. The van der Waals surface area contributed by atoms with Crippen LogP contribution < -0.4 is 14.8 Å². The van der Waals surface area contributed by atoms with E-state index >= 15 is 0 Å². The summed E-state index contributed by atoms with van der Waals surface area (Å²) < 4.78 is 11.5. The minimum Gasteiger partial charge on any atom is -0.493 e. The fourth-order valence-electron chi connectivity index (χ4n) is 7.20. The normalized spacial score (nSPS) is 33.0. The predicted molar refractivity (Wildman–Crippen MR) is 122 cm³/mol. The van der Waals surface area contributed by atoms with Crippen LogP contribution in [0, 0.1) is 29.6 Å². The monoisotopic (exact) mass is 428 g/mol. The van der Waals surface area contributed by atoms with E-state index in [4.69, 9.17) is 9.47 Å². The maximum Gasteiger partial charge on any atom is 0.161 e. The van der Waals surface area contributed by atoms with Crippen LogP contribution in [0.15, 0.2) is 18.2 Å². The van der Waals surface area contributed by atoms with Crippen molar-refractivity contribution in [2.75, 3.05) is 39.9 Å². The zero-order chi connectivity index (χ0) is 21.2. The Morgan fingerprint density at radius 3 is 2.42 bits per heavy atom. The van der Waals surface area contributed by atoms with Crippen molar-refractivity contribution in [2.24, 2.45) is 29.6 Å². The van der Waals surface area contributed by atoms with Gasteiger partial charge in [0.05, 0.1) is 7.11 Å². The van der Waals surface area contributed by atoms with Gasteiger partial charge in [0.25, 0.3) is 0 Å². The second kappa shape index (κ2) is 9.68. The van der Waals surface area contributed by atoms with E-state index in [0.29, 0.717) is 13.2 Å². The van der Waals surface area contributed by atoms with Crippen molar-refractivity contribution in [3.05, 3.63) is 23.8 Å². The summed E-state index contributed by atoms with van der Waals surface area (Å²) in [5.41, 5.74) is 1.22. The molecule has 5 heteroatoms. The number of methoxy groups -OCH3 is 1. The van der Waals surface area contributed by atoms with Crippen molar-refractivity contribution in [2.45, 2.75) is 57.6 Å². The number of aliphatic hydroxyl groups is 1. The Hall–Kier alpha value is -1.30. The number of β-amino-alcohol motifs (C(OH)–C–C–N with tert-alkyl or cyclic N) is 1. The van der Waals surface area contributed by atoms with E-state index < -0.39 is 6.10 Å². The highest BCUT2D eigenvalue weighted by Crippen LogP contribution is 2.56. The van der Waals surface area contributed by atoms with Crippen molar-refractivity contribution in [3.63, 3.8) is 0 Å². The van der Waals surface area contributed by atoms with E-state index in [0.717, 1.165) is 67.3 Å². The molecule has 172 valence electrons. The van der Waals surface area contributed by atoms with Gasteiger partial charge >= 0.3 is 0 Å². The number of rotatable bonds is 10. The lowest BCUT2D eigenvalue weighted by Crippen LogP contribution is -2.48. The van der Waals surface area contributed by atoms with Gasteiger partial charge in [-0.05, 0) is 112 Å². The summed E-state index contributed by atoms with van der Waals surface area (Å²) in [4.78, 5) is 2.32. The second-order valence-electron chi connectivity index (χ2n) is 10.7.